The number of primary amides is 1. The third kappa shape index (κ3) is 4.21. The molecular formula is C17H23N7O. The number of nitrogens with one attached hydrogen (secondary N) is 2. The van der Waals surface area contributed by atoms with E-state index in [4.69, 9.17) is 11.5 Å². The van der Waals surface area contributed by atoms with E-state index in [1.165, 1.54) is 6.20 Å². The van der Waals surface area contributed by atoms with Gasteiger partial charge in [0.05, 0.1) is 0 Å². The fourth-order valence-corrected chi connectivity index (χ4v) is 2.96. The lowest BCUT2D eigenvalue weighted by Crippen LogP contribution is -2.43. The van der Waals surface area contributed by atoms with Crippen molar-refractivity contribution in [1.29, 1.82) is 0 Å². The summed E-state index contributed by atoms with van der Waals surface area (Å²) in [4.78, 5) is 24.5. The third-order valence-corrected chi connectivity index (χ3v) is 4.35. The molecule has 2 aromatic rings. The molecule has 8 nitrogen and oxygen atoms in total. The molecule has 0 unspecified atom stereocenters. The Labute approximate surface area is 146 Å². The first-order valence-corrected chi connectivity index (χ1v) is 8.41. The first kappa shape index (κ1) is 17.1. The van der Waals surface area contributed by atoms with Crippen LogP contribution in [0.1, 0.15) is 41.6 Å². The van der Waals surface area contributed by atoms with Crippen molar-refractivity contribution in [3.05, 3.63) is 35.7 Å². The number of nitrogens with two attached hydrogens (primary N) is 2. The summed E-state index contributed by atoms with van der Waals surface area (Å²) in [5, 5.41) is 6.32. The van der Waals surface area contributed by atoms with Gasteiger partial charge >= 0.3 is 0 Å². The largest absolute Gasteiger partial charge is 0.365 e. The SMILES string of the molecule is Cc1ccnc(Nc2nc(N[C@@H]3CCCC[C@@H]3N)ncc2C(N)=O)c1. The molecule has 1 saturated carbocycles. The average Bonchev–Trinajstić information content (AvgIpc) is 2.57. The van der Waals surface area contributed by atoms with Crippen molar-refractivity contribution in [3.63, 3.8) is 0 Å². The molecule has 0 bridgehead atoms. The summed E-state index contributed by atoms with van der Waals surface area (Å²) in [5.74, 6) is 0.729. The third-order valence-electron chi connectivity index (χ3n) is 4.35. The van der Waals surface area contributed by atoms with Gasteiger partial charge in [0.15, 0.2) is 0 Å². The Bertz CT molecular complexity index is 764. The van der Waals surface area contributed by atoms with Crippen LogP contribution in [0.4, 0.5) is 17.6 Å². The highest BCUT2D eigenvalue weighted by molar-refractivity contribution is 5.98. The van der Waals surface area contributed by atoms with E-state index in [0.29, 0.717) is 17.6 Å². The van der Waals surface area contributed by atoms with Crippen molar-refractivity contribution in [2.45, 2.75) is 44.7 Å². The minimum absolute atomic E-state index is 0.0722. The van der Waals surface area contributed by atoms with Crippen molar-refractivity contribution < 1.29 is 4.79 Å². The Kier molecular flexibility index (Phi) is 5.08. The first-order chi connectivity index (χ1) is 12.0. The number of hydrogen-bond donors (Lipinski definition) is 4. The first-order valence-electron chi connectivity index (χ1n) is 8.41. The molecule has 3 rings (SSSR count). The summed E-state index contributed by atoms with van der Waals surface area (Å²) in [6.07, 6.45) is 7.34. The maximum atomic E-state index is 11.7. The van der Waals surface area contributed by atoms with E-state index in [-0.39, 0.29) is 17.6 Å². The molecule has 2 atom stereocenters. The number of amides is 1. The normalized spacial score (nSPS) is 20.1. The second-order valence-corrected chi connectivity index (χ2v) is 6.36. The predicted molar refractivity (Wildman–Crippen MR) is 96.7 cm³/mol. The molecule has 1 aliphatic carbocycles. The molecule has 0 aliphatic heterocycles. The summed E-state index contributed by atoms with van der Waals surface area (Å²) in [6, 6.07) is 3.94. The van der Waals surface area contributed by atoms with Crippen LogP contribution in [0, 0.1) is 6.92 Å². The number of aryl methyl sites for hydroxylation is 1. The Morgan fingerprint density at radius 3 is 2.80 bits per heavy atom. The summed E-state index contributed by atoms with van der Waals surface area (Å²) in [5.41, 5.74) is 12.9. The monoisotopic (exact) mass is 341 g/mol. The Balaban J connectivity index is 1.85. The number of nitrogens with zero attached hydrogens (tertiary/aromatic N) is 3. The van der Waals surface area contributed by atoms with Gasteiger partial charge in [-0.3, -0.25) is 4.79 Å². The van der Waals surface area contributed by atoms with Crippen molar-refractivity contribution in [1.82, 2.24) is 15.0 Å². The molecule has 2 aromatic heterocycles. The number of aromatic nitrogens is 3. The van der Waals surface area contributed by atoms with Crippen LogP contribution in [0.2, 0.25) is 0 Å². The Hall–Kier alpha value is -2.74. The molecule has 1 fully saturated rings. The second-order valence-electron chi connectivity index (χ2n) is 6.36. The molecule has 8 heteroatoms. The second kappa shape index (κ2) is 7.43. The van der Waals surface area contributed by atoms with Gasteiger partial charge in [0.2, 0.25) is 5.95 Å². The van der Waals surface area contributed by atoms with Gasteiger partial charge in [-0.25, -0.2) is 9.97 Å². The van der Waals surface area contributed by atoms with Crippen molar-refractivity contribution in [3.8, 4) is 0 Å². The van der Waals surface area contributed by atoms with Crippen molar-refractivity contribution in [2.75, 3.05) is 10.6 Å². The Morgan fingerprint density at radius 2 is 2.08 bits per heavy atom. The maximum Gasteiger partial charge on any atom is 0.254 e. The number of carbonyl (C=O) groups is 1. The summed E-state index contributed by atoms with van der Waals surface area (Å²) >= 11 is 0. The van der Waals surface area contributed by atoms with E-state index in [1.807, 2.05) is 19.1 Å². The quantitative estimate of drug-likeness (QED) is 0.650. The van der Waals surface area contributed by atoms with Crippen molar-refractivity contribution >= 4 is 23.5 Å². The minimum Gasteiger partial charge on any atom is -0.365 e. The van der Waals surface area contributed by atoms with Crippen LogP contribution in [-0.4, -0.2) is 32.9 Å². The number of carbonyl (C=O) groups excluding carboxylic acids is 1. The molecule has 25 heavy (non-hydrogen) atoms. The molecule has 2 heterocycles. The lowest BCUT2D eigenvalue weighted by Gasteiger charge is -2.29. The zero-order valence-corrected chi connectivity index (χ0v) is 14.2. The van der Waals surface area contributed by atoms with E-state index in [1.54, 1.807) is 6.20 Å². The van der Waals surface area contributed by atoms with Gasteiger partial charge in [-0.15, -0.1) is 0 Å². The highest BCUT2D eigenvalue weighted by Crippen LogP contribution is 2.22. The molecule has 6 N–H and O–H groups in total. The number of hydrogen-bond acceptors (Lipinski definition) is 7. The lowest BCUT2D eigenvalue weighted by molar-refractivity contribution is 0.100. The van der Waals surface area contributed by atoms with E-state index in [0.717, 1.165) is 31.2 Å². The molecule has 1 amide bonds. The highest BCUT2D eigenvalue weighted by Gasteiger charge is 2.23. The molecule has 0 spiro atoms. The Morgan fingerprint density at radius 1 is 1.28 bits per heavy atom. The van der Waals surface area contributed by atoms with Crippen LogP contribution >= 0.6 is 0 Å². The molecule has 1 aliphatic rings. The summed E-state index contributed by atoms with van der Waals surface area (Å²) in [7, 11) is 0. The van der Waals surface area contributed by atoms with Crippen LogP contribution < -0.4 is 22.1 Å². The van der Waals surface area contributed by atoms with Gasteiger partial charge in [-0.05, 0) is 37.5 Å². The smallest absolute Gasteiger partial charge is 0.254 e. The number of rotatable bonds is 5. The van der Waals surface area contributed by atoms with Crippen molar-refractivity contribution in [2.24, 2.45) is 11.5 Å². The minimum atomic E-state index is -0.601. The van der Waals surface area contributed by atoms with Gasteiger partial charge in [-0.1, -0.05) is 12.8 Å². The summed E-state index contributed by atoms with van der Waals surface area (Å²) in [6.45, 7) is 1.96. The van der Waals surface area contributed by atoms with Crippen LogP contribution in [0.25, 0.3) is 0 Å². The van der Waals surface area contributed by atoms with E-state index in [2.05, 4.69) is 25.6 Å². The highest BCUT2D eigenvalue weighted by atomic mass is 16.1. The molecular weight excluding hydrogens is 318 g/mol. The van der Waals surface area contributed by atoms with Gasteiger partial charge in [0.25, 0.3) is 5.91 Å². The van der Waals surface area contributed by atoms with Gasteiger partial charge in [0, 0.05) is 24.5 Å². The van der Waals surface area contributed by atoms with E-state index >= 15 is 0 Å². The van der Waals surface area contributed by atoms with Gasteiger partial charge < -0.3 is 22.1 Å². The molecule has 0 radical (unpaired) electrons. The van der Waals surface area contributed by atoms with Gasteiger partial charge in [-0.2, -0.15) is 4.98 Å². The number of anilines is 3. The fourth-order valence-electron chi connectivity index (χ4n) is 2.96. The standard InChI is InChI=1S/C17H23N7O/c1-10-6-7-20-14(8-10)23-16-11(15(19)25)9-21-17(24-16)22-13-5-3-2-4-12(13)18/h6-9,12-13H,2-5,18H2,1H3,(H2,19,25)(H2,20,21,22,23,24)/t12-,13+/m0/s1. The topological polar surface area (TPSA) is 132 Å². The lowest BCUT2D eigenvalue weighted by atomic mass is 9.91. The van der Waals surface area contributed by atoms with Gasteiger partial charge in [0.1, 0.15) is 17.2 Å². The van der Waals surface area contributed by atoms with E-state index < -0.39 is 5.91 Å². The fraction of sp³-hybridized carbons (Fsp3) is 0.412. The maximum absolute atomic E-state index is 11.7. The zero-order chi connectivity index (χ0) is 17.8. The van der Waals surface area contributed by atoms with Crippen LogP contribution in [0.5, 0.6) is 0 Å². The van der Waals surface area contributed by atoms with Crippen LogP contribution in [0.15, 0.2) is 24.5 Å². The zero-order valence-electron chi connectivity index (χ0n) is 14.2. The molecule has 0 saturated heterocycles. The van der Waals surface area contributed by atoms with Crippen LogP contribution in [0.3, 0.4) is 0 Å². The predicted octanol–water partition coefficient (Wildman–Crippen LogP) is 1.70. The summed E-state index contributed by atoms with van der Waals surface area (Å²) < 4.78 is 0. The molecule has 0 aromatic carbocycles. The van der Waals surface area contributed by atoms with E-state index in [9.17, 15) is 4.79 Å². The average molecular weight is 341 g/mol. The number of pyridine rings is 1. The molecule has 132 valence electrons. The van der Waals surface area contributed by atoms with Crippen LogP contribution in [-0.2, 0) is 0 Å².